The van der Waals surface area contributed by atoms with Gasteiger partial charge in [-0.3, -0.25) is 9.59 Å². The van der Waals surface area contributed by atoms with Crippen LogP contribution in [0.15, 0.2) is 35.1 Å². The summed E-state index contributed by atoms with van der Waals surface area (Å²) in [5.41, 5.74) is 2.53. The standard InChI is InChI=1S/2C10H5Cl3O2S2.Ni/c2*11-6-2-8(13)7(12)1-4(6)5-3-16-17-9(5)10(14)15;/h2*1-3,9H,(H,14,15);. The number of aliphatic carboxylic acids is 2. The molecule has 0 amide bonds. The Balaban J connectivity index is 0.000000240. The molecule has 15 heteroatoms. The molecule has 2 aliphatic rings. The van der Waals surface area contributed by atoms with Crippen molar-refractivity contribution in [2.45, 2.75) is 10.5 Å². The van der Waals surface area contributed by atoms with Crippen molar-refractivity contribution in [2.75, 3.05) is 0 Å². The summed E-state index contributed by atoms with van der Waals surface area (Å²) in [5.74, 6) is -1.79. The third-order valence-electron chi connectivity index (χ3n) is 4.31. The zero-order valence-corrected chi connectivity index (χ0v) is 25.3. The molecular weight excluding hydrogens is 704 g/mol. The maximum Gasteiger partial charge on any atom is 0.322 e. The van der Waals surface area contributed by atoms with Crippen molar-refractivity contribution in [3.63, 3.8) is 0 Å². The van der Waals surface area contributed by atoms with Gasteiger partial charge >= 0.3 is 11.9 Å². The minimum Gasteiger partial charge on any atom is -0.480 e. The van der Waals surface area contributed by atoms with Gasteiger partial charge in [0.05, 0.1) is 20.1 Å². The van der Waals surface area contributed by atoms with Crippen molar-refractivity contribution in [1.29, 1.82) is 0 Å². The SMILES string of the molecule is O=C(O)C1SSC=C1c1cc(Cl)c(Cl)cc1Cl.O=C(O)C1SSC=C1c1cc(Cl)c(Cl)cc1Cl.[Ni]. The van der Waals surface area contributed by atoms with Gasteiger partial charge in [-0.1, -0.05) is 113 Å². The fourth-order valence-electron chi connectivity index (χ4n) is 2.74. The number of halogens is 6. The summed E-state index contributed by atoms with van der Waals surface area (Å²) in [6, 6.07) is 6.24. The third kappa shape index (κ3) is 7.76. The van der Waals surface area contributed by atoms with Crippen LogP contribution in [-0.2, 0) is 26.1 Å². The fraction of sp³-hybridized carbons (Fsp3) is 0.100. The zero-order valence-electron chi connectivity index (χ0n) is 16.5. The average molecular weight is 714 g/mol. The van der Waals surface area contributed by atoms with E-state index in [0.717, 1.165) is 0 Å². The summed E-state index contributed by atoms with van der Waals surface area (Å²) in [5, 5.41) is 22.7. The van der Waals surface area contributed by atoms with Crippen LogP contribution in [-0.4, -0.2) is 32.7 Å². The molecule has 2 aromatic rings. The molecule has 0 fully saturated rings. The molecule has 2 aliphatic heterocycles. The molecule has 0 spiro atoms. The molecule has 0 radical (unpaired) electrons. The Morgan fingerprint density at radius 1 is 0.600 bits per heavy atom. The number of carbonyl (C=O) groups is 2. The fourth-order valence-corrected chi connectivity index (χ4v) is 8.79. The Morgan fingerprint density at radius 3 is 1.23 bits per heavy atom. The van der Waals surface area contributed by atoms with Gasteiger partial charge in [-0.2, -0.15) is 0 Å². The Bertz CT molecular complexity index is 1130. The first-order chi connectivity index (χ1) is 16.0. The Labute approximate surface area is 256 Å². The molecule has 4 nitrogen and oxygen atoms in total. The van der Waals surface area contributed by atoms with Crippen LogP contribution < -0.4 is 0 Å². The summed E-state index contributed by atoms with van der Waals surface area (Å²) >= 11 is 35.6. The molecule has 2 atom stereocenters. The summed E-state index contributed by atoms with van der Waals surface area (Å²) < 4.78 is 0. The maximum absolute atomic E-state index is 11.1. The van der Waals surface area contributed by atoms with Crippen LogP contribution in [0.2, 0.25) is 30.1 Å². The predicted octanol–water partition coefficient (Wildman–Crippen LogP) is 9.67. The summed E-state index contributed by atoms with van der Waals surface area (Å²) in [4.78, 5) is 22.1. The Kier molecular flexibility index (Phi) is 12.7. The van der Waals surface area contributed by atoms with Gasteiger partial charge in [-0.05, 0) is 46.2 Å². The second-order valence-corrected chi connectivity index (χ2v) is 13.4. The van der Waals surface area contributed by atoms with Crippen molar-refractivity contribution < 1.29 is 36.3 Å². The molecule has 0 aromatic heterocycles. The number of benzene rings is 2. The van der Waals surface area contributed by atoms with E-state index in [4.69, 9.17) is 79.8 Å². The van der Waals surface area contributed by atoms with Crippen LogP contribution in [0.5, 0.6) is 0 Å². The molecule has 2 unspecified atom stereocenters. The van der Waals surface area contributed by atoms with E-state index in [9.17, 15) is 9.59 Å². The van der Waals surface area contributed by atoms with E-state index in [1.54, 1.807) is 22.9 Å². The third-order valence-corrected chi connectivity index (χ3v) is 11.0. The topological polar surface area (TPSA) is 74.6 Å². The second-order valence-electron chi connectivity index (χ2n) is 6.46. The second kappa shape index (κ2) is 14.0. The van der Waals surface area contributed by atoms with Crippen molar-refractivity contribution in [3.05, 3.63) is 76.3 Å². The molecule has 4 rings (SSSR count). The van der Waals surface area contributed by atoms with E-state index in [0.29, 0.717) is 52.4 Å². The summed E-state index contributed by atoms with van der Waals surface area (Å²) in [6.07, 6.45) is 0. The van der Waals surface area contributed by atoms with E-state index in [1.165, 1.54) is 55.3 Å². The molecule has 190 valence electrons. The molecule has 35 heavy (non-hydrogen) atoms. The average Bonchev–Trinajstić information content (AvgIpc) is 3.43. The van der Waals surface area contributed by atoms with Crippen LogP contribution in [0.4, 0.5) is 0 Å². The van der Waals surface area contributed by atoms with E-state index in [2.05, 4.69) is 0 Å². The van der Waals surface area contributed by atoms with Crippen LogP contribution >= 0.6 is 113 Å². The van der Waals surface area contributed by atoms with Crippen molar-refractivity contribution >= 4 is 136 Å². The number of rotatable bonds is 4. The molecular formula is C20H10Cl6NiO4S4. The van der Waals surface area contributed by atoms with E-state index >= 15 is 0 Å². The molecule has 0 saturated carbocycles. The van der Waals surface area contributed by atoms with Gasteiger partial charge < -0.3 is 10.2 Å². The Morgan fingerprint density at radius 2 is 0.914 bits per heavy atom. The first-order valence-corrected chi connectivity index (χ1v) is 15.6. The van der Waals surface area contributed by atoms with Crippen molar-refractivity contribution in [3.8, 4) is 0 Å². The molecule has 0 bridgehead atoms. The van der Waals surface area contributed by atoms with E-state index < -0.39 is 22.4 Å². The smallest absolute Gasteiger partial charge is 0.322 e. The number of hydrogen-bond donors (Lipinski definition) is 2. The van der Waals surface area contributed by atoms with Gasteiger partial charge in [0.15, 0.2) is 0 Å². The van der Waals surface area contributed by atoms with Gasteiger partial charge in [0.2, 0.25) is 0 Å². The van der Waals surface area contributed by atoms with Crippen molar-refractivity contribution in [2.24, 2.45) is 0 Å². The van der Waals surface area contributed by atoms with Crippen LogP contribution in [0.25, 0.3) is 11.1 Å². The van der Waals surface area contributed by atoms with Gasteiger partial charge in [0.25, 0.3) is 0 Å². The number of hydrogen-bond acceptors (Lipinski definition) is 6. The van der Waals surface area contributed by atoms with Gasteiger partial charge in [-0.15, -0.1) is 0 Å². The maximum atomic E-state index is 11.1. The van der Waals surface area contributed by atoms with E-state index in [-0.39, 0.29) is 16.5 Å². The minimum atomic E-state index is -0.895. The molecule has 2 aromatic carbocycles. The van der Waals surface area contributed by atoms with Gasteiger partial charge in [0.1, 0.15) is 10.5 Å². The first kappa shape index (κ1) is 31.7. The van der Waals surface area contributed by atoms with Crippen molar-refractivity contribution in [1.82, 2.24) is 0 Å². The molecule has 0 aliphatic carbocycles. The molecule has 2 N–H and O–H groups in total. The van der Waals surface area contributed by atoms with Crippen LogP contribution in [0, 0.1) is 0 Å². The quantitative estimate of drug-likeness (QED) is 0.184. The number of carboxylic acid groups (broad SMARTS) is 2. The van der Waals surface area contributed by atoms with E-state index in [1.807, 2.05) is 0 Å². The van der Waals surface area contributed by atoms with Crippen LogP contribution in [0.3, 0.4) is 0 Å². The number of carboxylic acids is 2. The minimum absolute atomic E-state index is 0. The molecule has 0 saturated heterocycles. The van der Waals surface area contributed by atoms with Crippen LogP contribution in [0.1, 0.15) is 11.1 Å². The normalized spacial score (nSPS) is 18.7. The molecule has 2 heterocycles. The Hall–Kier alpha value is 0.494. The zero-order chi connectivity index (χ0) is 25.2. The first-order valence-electron chi connectivity index (χ1n) is 8.81. The van der Waals surface area contributed by atoms with Gasteiger partial charge in [-0.25, -0.2) is 0 Å². The van der Waals surface area contributed by atoms with Gasteiger partial charge in [0, 0.05) is 37.7 Å². The largest absolute Gasteiger partial charge is 0.480 e. The summed E-state index contributed by atoms with van der Waals surface area (Å²) in [7, 11) is 5.27. The predicted molar refractivity (Wildman–Crippen MR) is 152 cm³/mol. The monoisotopic (exact) mass is 710 g/mol. The summed E-state index contributed by atoms with van der Waals surface area (Å²) in [6.45, 7) is 0.